The number of halogens is 1. The molecule has 1 atom stereocenters. The van der Waals surface area contributed by atoms with E-state index in [2.05, 4.69) is 0 Å². The quantitative estimate of drug-likeness (QED) is 0.305. The standard InChI is InChI=1S/C24H23ClN2O4S/c1-24(2)12-20-23(21(28)13-24)17(14-4-7-16(32-3)8-5-14)11-22(29)26(20)19-9-6-15(27(30)31)10-18(19)25/h4-10,17H,11-13H2,1-3H3. The van der Waals surface area contributed by atoms with E-state index in [-0.39, 0.29) is 40.2 Å². The summed E-state index contributed by atoms with van der Waals surface area (Å²) in [5.41, 5.74) is 2.14. The number of hydrogen-bond acceptors (Lipinski definition) is 5. The lowest BCUT2D eigenvalue weighted by atomic mass is 9.69. The molecule has 2 aromatic carbocycles. The van der Waals surface area contributed by atoms with Gasteiger partial charge in [-0.2, -0.15) is 0 Å². The van der Waals surface area contributed by atoms with Gasteiger partial charge in [-0.05, 0) is 41.9 Å². The molecule has 1 aliphatic carbocycles. The van der Waals surface area contributed by atoms with Crippen LogP contribution in [0.15, 0.2) is 58.6 Å². The van der Waals surface area contributed by atoms with Crippen LogP contribution in [0.4, 0.5) is 11.4 Å². The van der Waals surface area contributed by atoms with Crippen LogP contribution in [0.25, 0.3) is 0 Å². The molecule has 0 radical (unpaired) electrons. The van der Waals surface area contributed by atoms with Gasteiger partial charge in [0.2, 0.25) is 5.91 Å². The van der Waals surface area contributed by atoms with Gasteiger partial charge in [0.15, 0.2) is 5.78 Å². The molecule has 0 N–H and O–H groups in total. The molecule has 1 unspecified atom stereocenters. The smallest absolute Gasteiger partial charge is 0.271 e. The van der Waals surface area contributed by atoms with E-state index in [1.54, 1.807) is 11.8 Å². The summed E-state index contributed by atoms with van der Waals surface area (Å²) in [6.45, 7) is 4.01. The first kappa shape index (κ1) is 22.6. The number of anilines is 1. The number of non-ortho nitro benzene ring substituents is 1. The molecule has 0 aromatic heterocycles. The van der Waals surface area contributed by atoms with Crippen LogP contribution >= 0.6 is 23.4 Å². The van der Waals surface area contributed by atoms with E-state index >= 15 is 0 Å². The van der Waals surface area contributed by atoms with Gasteiger partial charge >= 0.3 is 0 Å². The summed E-state index contributed by atoms with van der Waals surface area (Å²) < 4.78 is 0. The van der Waals surface area contributed by atoms with E-state index in [1.165, 1.54) is 23.1 Å². The van der Waals surface area contributed by atoms with Crippen LogP contribution in [0.3, 0.4) is 0 Å². The minimum atomic E-state index is -0.528. The topological polar surface area (TPSA) is 80.5 Å². The van der Waals surface area contributed by atoms with Crippen molar-refractivity contribution in [2.75, 3.05) is 11.2 Å². The minimum absolute atomic E-state index is 0.0331. The van der Waals surface area contributed by atoms with E-state index in [9.17, 15) is 19.7 Å². The number of benzene rings is 2. The zero-order valence-corrected chi connectivity index (χ0v) is 19.6. The van der Waals surface area contributed by atoms with E-state index in [0.717, 1.165) is 10.5 Å². The molecule has 4 rings (SSSR count). The third-order valence-corrected chi connectivity index (χ3v) is 7.09. The van der Waals surface area contributed by atoms with E-state index < -0.39 is 4.92 Å². The van der Waals surface area contributed by atoms with Gasteiger partial charge < -0.3 is 0 Å². The fourth-order valence-electron chi connectivity index (χ4n) is 4.61. The van der Waals surface area contributed by atoms with E-state index in [1.807, 2.05) is 44.4 Å². The Balaban J connectivity index is 1.87. The lowest BCUT2D eigenvalue weighted by molar-refractivity contribution is -0.384. The number of carbonyl (C=O) groups excluding carboxylic acids is 2. The Morgan fingerprint density at radius 1 is 1.12 bits per heavy atom. The molecule has 2 aromatic rings. The molecule has 0 saturated heterocycles. The number of hydrogen-bond donors (Lipinski definition) is 0. The van der Waals surface area contributed by atoms with Gasteiger partial charge in [0.05, 0.1) is 15.6 Å². The third kappa shape index (κ3) is 4.07. The molecule has 0 spiro atoms. The van der Waals surface area contributed by atoms with Gasteiger partial charge in [0, 0.05) is 47.1 Å². The number of nitro benzene ring substituents is 1. The highest BCUT2D eigenvalue weighted by Crippen LogP contribution is 2.49. The highest BCUT2D eigenvalue weighted by Gasteiger charge is 2.44. The number of carbonyl (C=O) groups is 2. The number of nitrogens with zero attached hydrogens (tertiary/aromatic N) is 2. The number of rotatable bonds is 4. The summed E-state index contributed by atoms with van der Waals surface area (Å²) in [6, 6.07) is 12.0. The van der Waals surface area contributed by atoms with Gasteiger partial charge in [-0.25, -0.2) is 0 Å². The lowest BCUT2D eigenvalue weighted by Gasteiger charge is -2.43. The van der Waals surface area contributed by atoms with Crippen LogP contribution in [0.2, 0.25) is 5.02 Å². The molecule has 1 aliphatic heterocycles. The third-order valence-electron chi connectivity index (χ3n) is 6.04. The van der Waals surface area contributed by atoms with Crippen molar-refractivity contribution >= 4 is 46.4 Å². The van der Waals surface area contributed by atoms with Crippen molar-refractivity contribution in [1.82, 2.24) is 0 Å². The Kier molecular flexibility index (Phi) is 5.90. The second kappa shape index (κ2) is 8.37. The predicted molar refractivity (Wildman–Crippen MR) is 126 cm³/mol. The summed E-state index contributed by atoms with van der Waals surface area (Å²) in [7, 11) is 0. The molecule has 0 bridgehead atoms. The number of ketones is 1. The second-order valence-corrected chi connectivity index (χ2v) is 10.2. The highest BCUT2D eigenvalue weighted by molar-refractivity contribution is 7.98. The van der Waals surface area contributed by atoms with Gasteiger partial charge in [0.25, 0.3) is 5.69 Å². The van der Waals surface area contributed by atoms with Crippen LogP contribution in [-0.2, 0) is 9.59 Å². The molecule has 6 nitrogen and oxygen atoms in total. The fourth-order valence-corrected chi connectivity index (χ4v) is 5.27. The molecule has 1 heterocycles. The normalized spacial score (nSPS) is 20.4. The predicted octanol–water partition coefficient (Wildman–Crippen LogP) is 6.13. The van der Waals surface area contributed by atoms with Crippen molar-refractivity contribution < 1.29 is 14.5 Å². The molecule has 1 amide bonds. The Bertz CT molecular complexity index is 1160. The Labute approximate surface area is 195 Å². The molecule has 32 heavy (non-hydrogen) atoms. The first-order chi connectivity index (χ1) is 15.1. The Morgan fingerprint density at radius 2 is 1.81 bits per heavy atom. The monoisotopic (exact) mass is 470 g/mol. The van der Waals surface area contributed by atoms with Crippen LogP contribution in [0.5, 0.6) is 0 Å². The Morgan fingerprint density at radius 3 is 2.41 bits per heavy atom. The minimum Gasteiger partial charge on any atom is -0.294 e. The first-order valence-electron chi connectivity index (χ1n) is 10.3. The summed E-state index contributed by atoms with van der Waals surface area (Å²) >= 11 is 8.02. The average Bonchev–Trinajstić information content (AvgIpc) is 2.72. The largest absolute Gasteiger partial charge is 0.294 e. The first-order valence-corrected chi connectivity index (χ1v) is 11.9. The number of allylic oxidation sites excluding steroid dienone is 2. The van der Waals surface area contributed by atoms with Crippen LogP contribution in [0.1, 0.15) is 44.6 Å². The lowest BCUT2D eigenvalue weighted by Crippen LogP contribution is -2.43. The van der Waals surface area contributed by atoms with Gasteiger partial charge in [-0.15, -0.1) is 11.8 Å². The van der Waals surface area contributed by atoms with Crippen LogP contribution < -0.4 is 4.90 Å². The van der Waals surface area contributed by atoms with Crippen molar-refractivity contribution in [1.29, 1.82) is 0 Å². The highest BCUT2D eigenvalue weighted by atomic mass is 35.5. The maximum atomic E-state index is 13.4. The zero-order valence-electron chi connectivity index (χ0n) is 18.1. The molecule has 8 heteroatoms. The van der Waals surface area contributed by atoms with Crippen molar-refractivity contribution in [2.24, 2.45) is 5.41 Å². The van der Waals surface area contributed by atoms with Gasteiger partial charge in [-0.1, -0.05) is 37.6 Å². The molecular formula is C24H23ClN2O4S. The fraction of sp³-hybridized carbons (Fsp3) is 0.333. The molecule has 0 fully saturated rings. The summed E-state index contributed by atoms with van der Waals surface area (Å²) in [4.78, 5) is 40.0. The van der Waals surface area contributed by atoms with Crippen molar-refractivity contribution in [3.63, 3.8) is 0 Å². The van der Waals surface area contributed by atoms with Gasteiger partial charge in [-0.3, -0.25) is 24.6 Å². The van der Waals surface area contributed by atoms with Crippen molar-refractivity contribution in [3.8, 4) is 0 Å². The molecule has 0 saturated carbocycles. The SMILES string of the molecule is CSc1ccc(C2CC(=O)N(c3ccc([N+](=O)[O-])cc3Cl)C3=C2C(=O)CC(C)(C)C3)cc1. The molecular weight excluding hydrogens is 448 g/mol. The maximum Gasteiger partial charge on any atom is 0.271 e. The van der Waals surface area contributed by atoms with E-state index in [0.29, 0.717) is 29.8 Å². The number of nitro groups is 1. The summed E-state index contributed by atoms with van der Waals surface area (Å²) in [5.74, 6) is -0.459. The second-order valence-electron chi connectivity index (χ2n) is 8.95. The van der Waals surface area contributed by atoms with Gasteiger partial charge in [0.1, 0.15) is 0 Å². The number of Topliss-reactive ketones (excluding diaryl/α,β-unsaturated/α-hetero) is 1. The maximum absolute atomic E-state index is 13.4. The van der Waals surface area contributed by atoms with Crippen LogP contribution in [-0.4, -0.2) is 22.9 Å². The summed E-state index contributed by atoms with van der Waals surface area (Å²) in [6.07, 6.45) is 3.07. The van der Waals surface area contributed by atoms with Crippen molar-refractivity contribution in [2.45, 2.75) is 43.9 Å². The molecule has 2 aliphatic rings. The Hall–Kier alpha value is -2.64. The van der Waals surface area contributed by atoms with E-state index in [4.69, 9.17) is 11.6 Å². The molecule has 166 valence electrons. The number of thioether (sulfide) groups is 1. The average molecular weight is 471 g/mol. The summed E-state index contributed by atoms with van der Waals surface area (Å²) in [5, 5.41) is 11.2. The number of amides is 1. The van der Waals surface area contributed by atoms with Crippen molar-refractivity contribution in [3.05, 3.63) is 74.4 Å². The van der Waals surface area contributed by atoms with Crippen LogP contribution in [0, 0.1) is 15.5 Å². The zero-order chi connectivity index (χ0) is 23.2.